The molecule has 23 heavy (non-hydrogen) atoms. The number of benzene rings is 1. The van der Waals surface area contributed by atoms with E-state index >= 15 is 0 Å². The van der Waals surface area contributed by atoms with Gasteiger partial charge in [0.05, 0.1) is 6.61 Å². The molecule has 3 rings (SSSR count). The van der Waals surface area contributed by atoms with Gasteiger partial charge in [-0.3, -0.25) is 9.69 Å². The second-order valence-electron chi connectivity index (χ2n) is 6.22. The molecule has 2 aliphatic heterocycles. The Morgan fingerprint density at radius 2 is 2.13 bits per heavy atom. The Bertz CT molecular complexity index is 626. The van der Waals surface area contributed by atoms with Crippen molar-refractivity contribution in [1.29, 1.82) is 0 Å². The van der Waals surface area contributed by atoms with Crippen LogP contribution in [0.4, 0.5) is 4.79 Å². The first kappa shape index (κ1) is 16.2. The molecule has 124 valence electrons. The summed E-state index contributed by atoms with van der Waals surface area (Å²) in [6, 6.07) is 5.72. The number of imide groups is 1. The average molecular weight is 334 g/mol. The Morgan fingerprint density at radius 1 is 1.30 bits per heavy atom. The normalized spacial score (nSPS) is 23.7. The number of aryl methyl sites for hydroxylation is 2. The Morgan fingerprint density at radius 3 is 2.83 bits per heavy atom. The molecule has 3 amide bonds. The van der Waals surface area contributed by atoms with Gasteiger partial charge in [0.1, 0.15) is 11.3 Å². The van der Waals surface area contributed by atoms with Gasteiger partial charge in [-0.15, -0.1) is 0 Å². The Hall–Kier alpha value is -1.69. The van der Waals surface area contributed by atoms with E-state index in [-0.39, 0.29) is 11.9 Å². The molecule has 0 bridgehead atoms. The van der Waals surface area contributed by atoms with Gasteiger partial charge in [-0.2, -0.15) is 11.8 Å². The summed E-state index contributed by atoms with van der Waals surface area (Å²) in [4.78, 5) is 25.9. The monoisotopic (exact) mass is 334 g/mol. The first-order valence-electron chi connectivity index (χ1n) is 7.94. The van der Waals surface area contributed by atoms with Gasteiger partial charge >= 0.3 is 6.03 Å². The first-order chi connectivity index (χ1) is 11.0. The van der Waals surface area contributed by atoms with Crippen LogP contribution in [0.2, 0.25) is 0 Å². The molecule has 1 N–H and O–H groups in total. The zero-order valence-electron chi connectivity index (χ0n) is 13.6. The Labute approximate surface area is 140 Å². The summed E-state index contributed by atoms with van der Waals surface area (Å²) in [5, 5.41) is 2.88. The summed E-state index contributed by atoms with van der Waals surface area (Å²) in [5.41, 5.74) is 1.78. The van der Waals surface area contributed by atoms with Crippen molar-refractivity contribution in [3.63, 3.8) is 0 Å². The van der Waals surface area contributed by atoms with E-state index in [9.17, 15) is 9.59 Å². The van der Waals surface area contributed by atoms with Crippen LogP contribution in [0.5, 0.6) is 5.75 Å². The second kappa shape index (κ2) is 6.43. The van der Waals surface area contributed by atoms with Crippen LogP contribution in [0.1, 0.15) is 24.0 Å². The van der Waals surface area contributed by atoms with Gasteiger partial charge in [0.15, 0.2) is 0 Å². The van der Waals surface area contributed by atoms with Crippen molar-refractivity contribution < 1.29 is 14.3 Å². The SMILES string of the molecule is Cc1ccc(OCCCN2C(=O)N[C@]3(CCSC3)C2=O)cc1C. The smallest absolute Gasteiger partial charge is 0.325 e. The quantitative estimate of drug-likeness (QED) is 0.664. The van der Waals surface area contributed by atoms with Crippen molar-refractivity contribution in [3.8, 4) is 5.75 Å². The van der Waals surface area contributed by atoms with E-state index < -0.39 is 5.54 Å². The maximum atomic E-state index is 12.5. The van der Waals surface area contributed by atoms with Crippen LogP contribution in [0, 0.1) is 13.8 Å². The molecule has 2 aliphatic rings. The summed E-state index contributed by atoms with van der Waals surface area (Å²) in [7, 11) is 0. The van der Waals surface area contributed by atoms with Crippen LogP contribution in [0.25, 0.3) is 0 Å². The summed E-state index contributed by atoms with van der Waals surface area (Å²) in [6.07, 6.45) is 1.37. The third kappa shape index (κ3) is 3.17. The molecule has 1 aromatic rings. The summed E-state index contributed by atoms with van der Waals surface area (Å²) in [5.74, 6) is 2.37. The topological polar surface area (TPSA) is 58.6 Å². The van der Waals surface area contributed by atoms with E-state index in [1.165, 1.54) is 16.0 Å². The fraction of sp³-hybridized carbons (Fsp3) is 0.529. The maximum Gasteiger partial charge on any atom is 0.325 e. The molecule has 0 aromatic heterocycles. The predicted molar refractivity (Wildman–Crippen MR) is 90.9 cm³/mol. The number of ether oxygens (including phenoxy) is 1. The van der Waals surface area contributed by atoms with Gasteiger partial charge in [0, 0.05) is 12.3 Å². The van der Waals surface area contributed by atoms with Crippen LogP contribution in [0.15, 0.2) is 18.2 Å². The maximum absolute atomic E-state index is 12.5. The summed E-state index contributed by atoms with van der Waals surface area (Å²) < 4.78 is 5.72. The highest BCUT2D eigenvalue weighted by Gasteiger charge is 2.52. The second-order valence-corrected chi connectivity index (χ2v) is 7.32. The summed E-state index contributed by atoms with van der Waals surface area (Å²) in [6.45, 7) is 5.01. The number of nitrogens with zero attached hydrogens (tertiary/aromatic N) is 1. The molecule has 0 unspecified atom stereocenters. The van der Waals surface area contributed by atoms with E-state index in [0.717, 1.165) is 17.9 Å². The van der Waals surface area contributed by atoms with Crippen molar-refractivity contribution in [3.05, 3.63) is 29.3 Å². The molecule has 2 saturated heterocycles. The number of carbonyl (C=O) groups is 2. The van der Waals surface area contributed by atoms with Gasteiger partial charge in [-0.1, -0.05) is 6.07 Å². The fourth-order valence-electron chi connectivity index (χ4n) is 2.93. The van der Waals surface area contributed by atoms with E-state index in [2.05, 4.69) is 19.2 Å². The lowest BCUT2D eigenvalue weighted by Crippen LogP contribution is -2.47. The molecule has 2 heterocycles. The third-order valence-corrected chi connectivity index (χ3v) is 5.73. The van der Waals surface area contributed by atoms with E-state index in [1.807, 2.05) is 18.2 Å². The third-order valence-electron chi connectivity index (χ3n) is 4.54. The average Bonchev–Trinajstić information content (AvgIpc) is 3.07. The van der Waals surface area contributed by atoms with Crippen molar-refractivity contribution in [2.75, 3.05) is 24.7 Å². The molecular weight excluding hydrogens is 312 g/mol. The lowest BCUT2D eigenvalue weighted by Gasteiger charge is -2.19. The van der Waals surface area contributed by atoms with Crippen LogP contribution in [-0.4, -0.2) is 47.0 Å². The molecular formula is C17H22N2O3S. The summed E-state index contributed by atoms with van der Waals surface area (Å²) >= 11 is 1.72. The van der Waals surface area contributed by atoms with Crippen LogP contribution >= 0.6 is 11.8 Å². The van der Waals surface area contributed by atoms with Crippen molar-refractivity contribution in [1.82, 2.24) is 10.2 Å². The Kier molecular flexibility index (Phi) is 4.53. The van der Waals surface area contributed by atoms with Gasteiger partial charge < -0.3 is 10.1 Å². The van der Waals surface area contributed by atoms with Gasteiger partial charge in [0.2, 0.25) is 0 Å². The number of amides is 3. The lowest BCUT2D eigenvalue weighted by atomic mass is 9.99. The van der Waals surface area contributed by atoms with Gasteiger partial charge in [-0.25, -0.2) is 4.79 Å². The van der Waals surface area contributed by atoms with E-state index in [1.54, 1.807) is 11.8 Å². The molecule has 0 saturated carbocycles. The number of nitrogens with one attached hydrogen (secondary N) is 1. The van der Waals surface area contributed by atoms with Crippen molar-refractivity contribution in [2.24, 2.45) is 0 Å². The van der Waals surface area contributed by atoms with E-state index in [0.29, 0.717) is 25.3 Å². The standard InChI is InChI=1S/C17H22N2O3S/c1-12-4-5-14(10-13(12)2)22-8-3-7-19-15(20)17(18-16(19)21)6-9-23-11-17/h4-5,10H,3,6-9,11H2,1-2H3,(H,18,21)/t17-/m0/s1. The molecule has 1 spiro atoms. The number of hydrogen-bond acceptors (Lipinski definition) is 4. The number of rotatable bonds is 5. The van der Waals surface area contributed by atoms with Gasteiger partial charge in [0.25, 0.3) is 5.91 Å². The molecule has 1 atom stereocenters. The molecule has 0 aliphatic carbocycles. The minimum Gasteiger partial charge on any atom is -0.494 e. The Balaban J connectivity index is 1.50. The molecule has 5 nitrogen and oxygen atoms in total. The number of carbonyl (C=O) groups excluding carboxylic acids is 2. The zero-order chi connectivity index (χ0) is 16.4. The highest BCUT2D eigenvalue weighted by atomic mass is 32.2. The minimum atomic E-state index is -0.642. The highest BCUT2D eigenvalue weighted by molar-refractivity contribution is 7.99. The number of hydrogen-bond donors (Lipinski definition) is 1. The molecule has 6 heteroatoms. The fourth-order valence-corrected chi connectivity index (χ4v) is 4.25. The first-order valence-corrected chi connectivity index (χ1v) is 9.09. The molecule has 1 aromatic carbocycles. The number of urea groups is 1. The van der Waals surface area contributed by atoms with Crippen LogP contribution in [-0.2, 0) is 4.79 Å². The van der Waals surface area contributed by atoms with E-state index in [4.69, 9.17) is 4.74 Å². The zero-order valence-corrected chi connectivity index (χ0v) is 14.4. The van der Waals surface area contributed by atoms with Crippen LogP contribution in [0.3, 0.4) is 0 Å². The van der Waals surface area contributed by atoms with Crippen molar-refractivity contribution >= 4 is 23.7 Å². The van der Waals surface area contributed by atoms with Crippen LogP contribution < -0.4 is 10.1 Å². The minimum absolute atomic E-state index is 0.0707. The van der Waals surface area contributed by atoms with Gasteiger partial charge in [-0.05, 0) is 55.7 Å². The predicted octanol–water partition coefficient (Wildman–Crippen LogP) is 2.50. The number of thioether (sulfide) groups is 1. The molecule has 2 fully saturated rings. The lowest BCUT2D eigenvalue weighted by molar-refractivity contribution is -0.130. The largest absolute Gasteiger partial charge is 0.494 e. The molecule has 0 radical (unpaired) electrons. The van der Waals surface area contributed by atoms with Crippen molar-refractivity contribution in [2.45, 2.75) is 32.2 Å². The highest BCUT2D eigenvalue weighted by Crippen LogP contribution is 2.33.